The number of carbonyl (C=O) groups is 3. The summed E-state index contributed by atoms with van der Waals surface area (Å²) < 4.78 is 28.0. The Hall–Kier alpha value is -1.93. The Bertz CT molecular complexity index is 722. The lowest BCUT2D eigenvalue weighted by Gasteiger charge is -2.54. The maximum absolute atomic E-state index is 12.7. The van der Waals surface area contributed by atoms with Gasteiger partial charge in [0.2, 0.25) is 0 Å². The first-order chi connectivity index (χ1) is 11.9. The molecule has 0 N–H and O–H groups in total. The van der Waals surface area contributed by atoms with E-state index in [1.54, 1.807) is 13.0 Å². The van der Waals surface area contributed by atoms with Crippen molar-refractivity contribution in [3.05, 3.63) is 11.6 Å². The molecule has 2 aliphatic carbocycles. The molecule has 0 aromatic heterocycles. The smallest absolute Gasteiger partial charge is 0.460 e. The van der Waals surface area contributed by atoms with Gasteiger partial charge in [-0.25, -0.2) is 4.79 Å². The third-order valence-corrected chi connectivity index (χ3v) is 6.31. The van der Waals surface area contributed by atoms with Crippen LogP contribution in [0, 0.1) is 11.3 Å². The van der Waals surface area contributed by atoms with Crippen LogP contribution in [0.4, 0.5) is 4.79 Å². The highest BCUT2D eigenvalue weighted by Crippen LogP contribution is 2.65. The Morgan fingerprint density at radius 2 is 2.08 bits per heavy atom. The minimum absolute atomic E-state index is 0.0198. The van der Waals surface area contributed by atoms with Crippen LogP contribution in [0.15, 0.2) is 11.6 Å². The van der Waals surface area contributed by atoms with Gasteiger partial charge in [0.25, 0.3) is 0 Å². The first-order valence-corrected chi connectivity index (χ1v) is 8.41. The standard InChI is InChI=1S/C17H18O8/c1-7-3-11-16(5-21-15(20)25-14(16)12(7)19)10-4-9(23-8(2)18)13(24-11)17(10)6-22-17/h3,9-11,13-14H,4-6H2,1-2H3/t9-,10?,11?,13?,14-,16-,17+/m1/s1. The fourth-order valence-electron chi connectivity index (χ4n) is 5.22. The van der Waals surface area contributed by atoms with Crippen molar-refractivity contribution in [3.8, 4) is 0 Å². The minimum Gasteiger partial charge on any atom is -0.460 e. The predicted molar refractivity (Wildman–Crippen MR) is 78.4 cm³/mol. The van der Waals surface area contributed by atoms with Crippen LogP contribution in [0.25, 0.3) is 0 Å². The lowest BCUT2D eigenvalue weighted by Crippen LogP contribution is -2.68. The van der Waals surface area contributed by atoms with Crippen molar-refractivity contribution in [2.24, 2.45) is 11.3 Å². The summed E-state index contributed by atoms with van der Waals surface area (Å²) >= 11 is 0. The maximum atomic E-state index is 12.7. The average molecular weight is 350 g/mol. The Morgan fingerprint density at radius 1 is 1.32 bits per heavy atom. The van der Waals surface area contributed by atoms with Crippen LogP contribution in [-0.2, 0) is 33.3 Å². The second-order valence-corrected chi connectivity index (χ2v) is 7.52. The molecule has 2 bridgehead atoms. The molecule has 1 saturated carbocycles. The van der Waals surface area contributed by atoms with Gasteiger partial charge in [-0.3, -0.25) is 9.59 Å². The number of Topliss-reactive ketones (excluding diaryl/α,β-unsaturated/α-hetero) is 1. The van der Waals surface area contributed by atoms with E-state index >= 15 is 0 Å². The van der Waals surface area contributed by atoms with Crippen LogP contribution in [-0.4, -0.2) is 61.1 Å². The zero-order chi connectivity index (χ0) is 17.6. The molecule has 5 aliphatic rings. The zero-order valence-electron chi connectivity index (χ0n) is 13.9. The maximum Gasteiger partial charge on any atom is 0.509 e. The monoisotopic (exact) mass is 350 g/mol. The Labute approximate surface area is 143 Å². The lowest BCUT2D eigenvalue weighted by atomic mass is 9.58. The number of epoxide rings is 1. The third kappa shape index (κ3) is 1.76. The number of ketones is 1. The number of rotatable bonds is 1. The van der Waals surface area contributed by atoms with Crippen molar-refractivity contribution in [2.45, 2.75) is 50.3 Å². The van der Waals surface area contributed by atoms with Gasteiger partial charge in [0.1, 0.15) is 24.4 Å². The van der Waals surface area contributed by atoms with Gasteiger partial charge in [0.05, 0.1) is 18.1 Å². The molecule has 134 valence electrons. The summed E-state index contributed by atoms with van der Waals surface area (Å²) in [4.78, 5) is 35.9. The summed E-state index contributed by atoms with van der Waals surface area (Å²) in [5.41, 5.74) is -0.968. The van der Waals surface area contributed by atoms with Crippen LogP contribution in [0.1, 0.15) is 20.3 Å². The van der Waals surface area contributed by atoms with E-state index in [-0.39, 0.29) is 24.3 Å². The van der Waals surface area contributed by atoms with Crippen LogP contribution >= 0.6 is 0 Å². The molecule has 5 rings (SSSR count). The van der Waals surface area contributed by atoms with Crippen molar-refractivity contribution in [2.75, 3.05) is 13.2 Å². The summed E-state index contributed by atoms with van der Waals surface area (Å²) in [6.07, 6.45) is -0.870. The number of hydrogen-bond donors (Lipinski definition) is 0. The Morgan fingerprint density at radius 3 is 2.76 bits per heavy atom. The predicted octanol–water partition coefficient (Wildman–Crippen LogP) is 0.525. The highest BCUT2D eigenvalue weighted by atomic mass is 16.7. The molecular weight excluding hydrogens is 332 g/mol. The van der Waals surface area contributed by atoms with Crippen LogP contribution in [0.3, 0.4) is 0 Å². The van der Waals surface area contributed by atoms with Gasteiger partial charge in [0, 0.05) is 12.8 Å². The molecular formula is C17H18O8. The van der Waals surface area contributed by atoms with E-state index in [0.717, 1.165) is 0 Å². The summed E-state index contributed by atoms with van der Waals surface area (Å²) in [6, 6.07) is 0. The van der Waals surface area contributed by atoms with Gasteiger partial charge in [-0.1, -0.05) is 0 Å². The van der Waals surface area contributed by atoms with Crippen molar-refractivity contribution in [1.29, 1.82) is 0 Å². The van der Waals surface area contributed by atoms with Crippen LogP contribution < -0.4 is 0 Å². The number of carbonyl (C=O) groups excluding carboxylic acids is 3. The highest BCUT2D eigenvalue weighted by molar-refractivity contribution is 6.01. The van der Waals surface area contributed by atoms with E-state index in [2.05, 4.69) is 0 Å². The zero-order valence-corrected chi connectivity index (χ0v) is 13.9. The summed E-state index contributed by atoms with van der Waals surface area (Å²) in [5, 5.41) is 0. The number of hydrogen-bond acceptors (Lipinski definition) is 8. The molecule has 0 radical (unpaired) electrons. The van der Waals surface area contributed by atoms with E-state index in [0.29, 0.717) is 18.6 Å². The first kappa shape index (κ1) is 15.3. The van der Waals surface area contributed by atoms with Gasteiger partial charge in [-0.05, 0) is 25.0 Å². The van der Waals surface area contributed by atoms with E-state index in [9.17, 15) is 14.4 Å². The first-order valence-electron chi connectivity index (χ1n) is 8.41. The van der Waals surface area contributed by atoms with Crippen molar-refractivity contribution < 1.29 is 38.1 Å². The van der Waals surface area contributed by atoms with Crippen LogP contribution in [0.2, 0.25) is 0 Å². The molecule has 7 atom stereocenters. The van der Waals surface area contributed by atoms with Crippen molar-refractivity contribution >= 4 is 17.9 Å². The largest absolute Gasteiger partial charge is 0.509 e. The fraction of sp³-hybridized carbons (Fsp3) is 0.706. The molecule has 4 fully saturated rings. The normalized spacial score (nSPS) is 49.5. The van der Waals surface area contributed by atoms with Gasteiger partial charge < -0.3 is 23.7 Å². The Kier molecular flexibility index (Phi) is 2.83. The van der Waals surface area contributed by atoms with Crippen LogP contribution in [0.5, 0.6) is 0 Å². The van der Waals surface area contributed by atoms with E-state index < -0.39 is 41.6 Å². The SMILES string of the molecule is CC(=O)O[C@@H]1CC2[C@@]3(CO3)C1OC1C=C(C)C(=O)[C@H]3OC(=O)OC[C@]123. The second kappa shape index (κ2) is 4.62. The van der Waals surface area contributed by atoms with Gasteiger partial charge in [-0.2, -0.15) is 0 Å². The van der Waals surface area contributed by atoms with E-state index in [1.165, 1.54) is 6.92 Å². The van der Waals surface area contributed by atoms with E-state index in [1.807, 2.05) is 0 Å². The summed E-state index contributed by atoms with van der Waals surface area (Å²) in [7, 11) is 0. The fourth-order valence-corrected chi connectivity index (χ4v) is 5.22. The number of ether oxygens (including phenoxy) is 5. The molecule has 3 unspecified atom stereocenters. The minimum atomic E-state index is -0.966. The molecule has 3 heterocycles. The second-order valence-electron chi connectivity index (χ2n) is 7.52. The molecule has 2 spiro atoms. The quantitative estimate of drug-likeness (QED) is 0.498. The average Bonchev–Trinajstić information content (AvgIpc) is 3.29. The molecule has 0 aromatic rings. The molecule has 3 aliphatic heterocycles. The summed E-state index contributed by atoms with van der Waals surface area (Å²) in [6.45, 7) is 3.52. The molecule has 3 saturated heterocycles. The Balaban J connectivity index is 1.62. The molecule has 0 aromatic carbocycles. The molecule has 0 amide bonds. The van der Waals surface area contributed by atoms with Gasteiger partial charge in [-0.15, -0.1) is 0 Å². The number of esters is 1. The molecule has 8 nitrogen and oxygen atoms in total. The topological polar surface area (TPSA) is 101 Å². The van der Waals surface area contributed by atoms with Gasteiger partial charge >= 0.3 is 12.1 Å². The van der Waals surface area contributed by atoms with Gasteiger partial charge in [0.15, 0.2) is 11.9 Å². The number of cyclic esters (lactones) is 1. The van der Waals surface area contributed by atoms with E-state index in [4.69, 9.17) is 23.7 Å². The molecule has 8 heteroatoms. The third-order valence-electron chi connectivity index (χ3n) is 6.31. The lowest BCUT2D eigenvalue weighted by molar-refractivity contribution is -0.236. The van der Waals surface area contributed by atoms with Crippen molar-refractivity contribution in [3.63, 3.8) is 0 Å². The molecule has 25 heavy (non-hydrogen) atoms. The highest BCUT2D eigenvalue weighted by Gasteiger charge is 2.79. The van der Waals surface area contributed by atoms with Crippen molar-refractivity contribution in [1.82, 2.24) is 0 Å². The summed E-state index contributed by atoms with van der Waals surface area (Å²) in [5.74, 6) is -0.788.